The maximum atomic E-state index is 13.3. The fourth-order valence-corrected chi connectivity index (χ4v) is 4.89. The fourth-order valence-electron chi connectivity index (χ4n) is 3.91. The second-order valence-corrected chi connectivity index (χ2v) is 8.65. The van der Waals surface area contributed by atoms with E-state index in [1.807, 2.05) is 13.0 Å². The van der Waals surface area contributed by atoms with E-state index in [-0.39, 0.29) is 27.9 Å². The highest BCUT2D eigenvalue weighted by Crippen LogP contribution is 2.44. The predicted octanol–water partition coefficient (Wildman–Crippen LogP) is 4.65. The van der Waals surface area contributed by atoms with Gasteiger partial charge in [0, 0.05) is 5.56 Å². The van der Waals surface area contributed by atoms with Crippen molar-refractivity contribution in [3.8, 4) is 5.75 Å². The molecule has 1 aliphatic heterocycles. The zero-order valence-corrected chi connectivity index (χ0v) is 20.3. The van der Waals surface area contributed by atoms with E-state index in [1.54, 1.807) is 62.4 Å². The molecule has 1 aromatic heterocycles. The number of ketones is 1. The van der Waals surface area contributed by atoms with Crippen LogP contribution >= 0.6 is 11.3 Å². The monoisotopic (exact) mass is 492 g/mol. The highest BCUT2D eigenvalue weighted by Gasteiger charge is 2.48. The van der Waals surface area contributed by atoms with E-state index >= 15 is 0 Å². The van der Waals surface area contributed by atoms with Crippen LogP contribution in [-0.4, -0.2) is 41.0 Å². The van der Waals surface area contributed by atoms with Crippen LogP contribution in [-0.2, 0) is 14.3 Å². The lowest BCUT2D eigenvalue weighted by molar-refractivity contribution is -0.132. The Labute approximate surface area is 206 Å². The third-order valence-corrected chi connectivity index (χ3v) is 6.57. The van der Waals surface area contributed by atoms with Crippen molar-refractivity contribution in [1.82, 2.24) is 4.98 Å². The van der Waals surface area contributed by atoms with Crippen LogP contribution in [0, 0.1) is 6.92 Å². The third-order valence-electron chi connectivity index (χ3n) is 5.43. The Morgan fingerprint density at radius 1 is 1.09 bits per heavy atom. The summed E-state index contributed by atoms with van der Waals surface area (Å²) >= 11 is 0.971. The number of esters is 1. The molecule has 0 saturated carbocycles. The van der Waals surface area contributed by atoms with Gasteiger partial charge in [-0.15, -0.1) is 0 Å². The van der Waals surface area contributed by atoms with Gasteiger partial charge in [0.1, 0.15) is 16.4 Å². The molecule has 1 N–H and O–H groups in total. The third kappa shape index (κ3) is 4.54. The topological polar surface area (TPSA) is 106 Å². The number of anilines is 1. The summed E-state index contributed by atoms with van der Waals surface area (Å²) in [6.45, 7) is 5.81. The standard InChI is InChI=1S/C26H24N2O6S/c1-4-33-18-13-9-12-17(14-18)21(29)19-20(16-10-7-6-8-11-16)28(24(31)22(19)30)26-27-15(3)23(35-26)25(32)34-5-2/h6-14,20,29H,4-5H2,1-3H3/b21-19+. The molecule has 1 amide bonds. The number of hydrogen-bond acceptors (Lipinski definition) is 8. The number of benzene rings is 2. The SMILES string of the molecule is CCOC(=O)c1sc(N2C(=O)C(=O)/C(=C(/O)c3cccc(OCC)c3)C2c2ccccc2)nc1C. The number of ether oxygens (including phenoxy) is 2. The lowest BCUT2D eigenvalue weighted by Gasteiger charge is -2.23. The molecule has 0 aliphatic carbocycles. The summed E-state index contributed by atoms with van der Waals surface area (Å²) in [7, 11) is 0. The summed E-state index contributed by atoms with van der Waals surface area (Å²) in [5, 5.41) is 11.4. The van der Waals surface area contributed by atoms with Crippen molar-refractivity contribution in [3.63, 3.8) is 0 Å². The number of thiazole rings is 1. The molecule has 1 aliphatic rings. The van der Waals surface area contributed by atoms with Crippen molar-refractivity contribution in [2.75, 3.05) is 18.1 Å². The van der Waals surface area contributed by atoms with Gasteiger partial charge >= 0.3 is 11.9 Å². The summed E-state index contributed by atoms with van der Waals surface area (Å²) < 4.78 is 10.6. The number of hydrogen-bond donors (Lipinski definition) is 1. The summed E-state index contributed by atoms with van der Waals surface area (Å²) in [5.74, 6) is -2.03. The van der Waals surface area contributed by atoms with E-state index < -0.39 is 23.7 Å². The number of amides is 1. The first-order valence-electron chi connectivity index (χ1n) is 11.1. The van der Waals surface area contributed by atoms with E-state index in [0.29, 0.717) is 29.2 Å². The number of aromatic nitrogens is 1. The Bertz CT molecular complexity index is 1310. The van der Waals surface area contributed by atoms with Crippen LogP contribution in [0.1, 0.15) is 46.4 Å². The first-order chi connectivity index (χ1) is 16.9. The van der Waals surface area contributed by atoms with E-state index in [2.05, 4.69) is 4.98 Å². The van der Waals surface area contributed by atoms with Crippen LogP contribution in [0.4, 0.5) is 5.13 Å². The van der Waals surface area contributed by atoms with E-state index in [0.717, 1.165) is 11.3 Å². The molecule has 0 bridgehead atoms. The molecule has 8 nitrogen and oxygen atoms in total. The van der Waals surface area contributed by atoms with Gasteiger partial charge in [0.05, 0.1) is 30.5 Å². The molecule has 9 heteroatoms. The fraction of sp³-hybridized carbons (Fsp3) is 0.231. The second kappa shape index (κ2) is 10.1. The zero-order valence-electron chi connectivity index (χ0n) is 19.5. The predicted molar refractivity (Wildman–Crippen MR) is 132 cm³/mol. The summed E-state index contributed by atoms with van der Waals surface area (Å²) in [4.78, 5) is 44.8. The number of rotatable bonds is 7. The molecule has 0 spiro atoms. The lowest BCUT2D eigenvalue weighted by Crippen LogP contribution is -2.29. The minimum Gasteiger partial charge on any atom is -0.507 e. The minimum absolute atomic E-state index is 0.0691. The Morgan fingerprint density at radius 2 is 1.83 bits per heavy atom. The number of aliphatic hydroxyl groups excluding tert-OH is 1. The molecule has 1 unspecified atom stereocenters. The molecular weight excluding hydrogens is 468 g/mol. The summed E-state index contributed by atoms with van der Waals surface area (Å²) in [6, 6.07) is 14.7. The van der Waals surface area contributed by atoms with Crippen molar-refractivity contribution in [1.29, 1.82) is 0 Å². The first-order valence-corrected chi connectivity index (χ1v) is 11.9. The molecule has 35 heavy (non-hydrogen) atoms. The number of aryl methyl sites for hydroxylation is 1. The van der Waals surface area contributed by atoms with Gasteiger partial charge in [0.2, 0.25) is 0 Å². The second-order valence-electron chi connectivity index (χ2n) is 7.67. The minimum atomic E-state index is -0.937. The van der Waals surface area contributed by atoms with Crippen molar-refractivity contribution < 1.29 is 29.0 Å². The molecule has 2 aromatic carbocycles. The largest absolute Gasteiger partial charge is 0.507 e. The maximum Gasteiger partial charge on any atom is 0.350 e. The van der Waals surface area contributed by atoms with Crippen molar-refractivity contribution in [2.45, 2.75) is 26.8 Å². The van der Waals surface area contributed by atoms with E-state index in [1.165, 1.54) is 4.90 Å². The average Bonchev–Trinajstić information content (AvgIpc) is 3.36. The number of nitrogens with zero attached hydrogens (tertiary/aromatic N) is 2. The number of aliphatic hydroxyl groups is 1. The zero-order chi connectivity index (χ0) is 25.1. The Morgan fingerprint density at radius 3 is 2.51 bits per heavy atom. The van der Waals surface area contributed by atoms with Gasteiger partial charge in [0.15, 0.2) is 5.13 Å². The van der Waals surface area contributed by atoms with Crippen molar-refractivity contribution in [2.24, 2.45) is 0 Å². The highest BCUT2D eigenvalue weighted by molar-refractivity contribution is 7.17. The van der Waals surface area contributed by atoms with Crippen LogP contribution in [0.5, 0.6) is 5.75 Å². The first kappa shape index (κ1) is 24.2. The summed E-state index contributed by atoms with van der Waals surface area (Å²) in [6.07, 6.45) is 0. The van der Waals surface area contributed by atoms with Gasteiger partial charge in [-0.3, -0.25) is 14.5 Å². The Hall–Kier alpha value is -3.98. The molecule has 2 heterocycles. The average molecular weight is 493 g/mol. The van der Waals surface area contributed by atoms with E-state index in [9.17, 15) is 19.5 Å². The molecule has 0 radical (unpaired) electrons. The van der Waals surface area contributed by atoms with Crippen LogP contribution in [0.3, 0.4) is 0 Å². The quantitative estimate of drug-likeness (QED) is 0.221. The molecule has 1 atom stereocenters. The van der Waals surface area contributed by atoms with Crippen molar-refractivity contribution >= 4 is 39.9 Å². The van der Waals surface area contributed by atoms with Gasteiger partial charge in [-0.05, 0) is 38.5 Å². The van der Waals surface area contributed by atoms with Crippen LogP contribution in [0.15, 0.2) is 60.2 Å². The van der Waals surface area contributed by atoms with Gasteiger partial charge < -0.3 is 14.6 Å². The van der Waals surface area contributed by atoms with Crippen LogP contribution in [0.2, 0.25) is 0 Å². The Kier molecular flexibility index (Phi) is 6.97. The lowest BCUT2D eigenvalue weighted by atomic mass is 9.95. The molecule has 180 valence electrons. The Balaban J connectivity index is 1.88. The number of carbonyl (C=O) groups excluding carboxylic acids is 3. The van der Waals surface area contributed by atoms with Crippen LogP contribution in [0.25, 0.3) is 5.76 Å². The van der Waals surface area contributed by atoms with Gasteiger partial charge in [-0.2, -0.15) is 0 Å². The smallest absolute Gasteiger partial charge is 0.350 e. The molecule has 3 aromatic rings. The summed E-state index contributed by atoms with van der Waals surface area (Å²) in [5.41, 5.74) is 1.28. The highest BCUT2D eigenvalue weighted by atomic mass is 32.1. The maximum absolute atomic E-state index is 13.3. The molecule has 1 fully saturated rings. The van der Waals surface area contributed by atoms with Gasteiger partial charge in [-0.25, -0.2) is 9.78 Å². The number of Topliss-reactive ketones (excluding diaryl/α,β-unsaturated/α-hetero) is 1. The molecular formula is C26H24N2O6S. The molecule has 4 rings (SSSR count). The van der Waals surface area contributed by atoms with E-state index in [4.69, 9.17) is 9.47 Å². The number of carbonyl (C=O) groups is 3. The normalized spacial score (nSPS) is 17.0. The molecule has 1 saturated heterocycles. The van der Waals surface area contributed by atoms with Gasteiger partial charge in [0.25, 0.3) is 5.78 Å². The van der Waals surface area contributed by atoms with Gasteiger partial charge in [-0.1, -0.05) is 53.8 Å². The van der Waals surface area contributed by atoms with Crippen molar-refractivity contribution in [3.05, 3.63) is 81.9 Å². The van der Waals surface area contributed by atoms with Crippen LogP contribution < -0.4 is 9.64 Å².